The first-order valence-corrected chi connectivity index (χ1v) is 8.80. The van der Waals surface area contributed by atoms with Gasteiger partial charge in [0.1, 0.15) is 0 Å². The van der Waals surface area contributed by atoms with Gasteiger partial charge in [-0.1, -0.05) is 30.3 Å². The minimum absolute atomic E-state index is 0.140. The summed E-state index contributed by atoms with van der Waals surface area (Å²) < 4.78 is 10.8. The average molecular weight is 380 g/mol. The maximum atomic E-state index is 12.6. The van der Waals surface area contributed by atoms with Crippen LogP contribution in [0.2, 0.25) is 0 Å². The minimum Gasteiger partial charge on any atom is -0.493 e. The zero-order chi connectivity index (χ0) is 20.1. The van der Waals surface area contributed by atoms with Gasteiger partial charge >= 0.3 is 5.97 Å². The molecular formula is C21H20N2O5. The number of carboxylic acid groups (broad SMARTS) is 1. The van der Waals surface area contributed by atoms with Crippen molar-refractivity contribution in [1.29, 1.82) is 5.26 Å². The molecule has 144 valence electrons. The van der Waals surface area contributed by atoms with Gasteiger partial charge in [0.2, 0.25) is 0 Å². The quantitative estimate of drug-likeness (QED) is 0.825. The van der Waals surface area contributed by atoms with Gasteiger partial charge in [-0.15, -0.1) is 0 Å². The molecule has 0 spiro atoms. The molecule has 0 aromatic heterocycles. The Labute approximate surface area is 162 Å². The van der Waals surface area contributed by atoms with Gasteiger partial charge in [-0.2, -0.15) is 5.26 Å². The number of nitriles is 1. The fraction of sp³-hybridized carbons (Fsp3) is 0.286. The van der Waals surface area contributed by atoms with Crippen LogP contribution in [0.25, 0.3) is 0 Å². The van der Waals surface area contributed by atoms with Crippen LogP contribution < -0.4 is 9.47 Å². The summed E-state index contributed by atoms with van der Waals surface area (Å²) in [6.45, 7) is 0.228. The number of rotatable bonds is 6. The fourth-order valence-electron chi connectivity index (χ4n) is 3.38. The Morgan fingerprint density at radius 3 is 2.57 bits per heavy atom. The first-order chi connectivity index (χ1) is 13.5. The molecule has 0 aliphatic carbocycles. The number of aliphatic carboxylic acids is 1. The third-order valence-electron chi connectivity index (χ3n) is 4.86. The molecule has 2 unspecified atom stereocenters. The van der Waals surface area contributed by atoms with Crippen LogP contribution in [0.3, 0.4) is 0 Å². The summed E-state index contributed by atoms with van der Waals surface area (Å²) in [5.74, 6) is -1.42. The van der Waals surface area contributed by atoms with Gasteiger partial charge in [0.05, 0.1) is 24.7 Å². The number of amides is 1. The van der Waals surface area contributed by atoms with Crippen LogP contribution in [0.4, 0.5) is 0 Å². The number of carbonyl (C=O) groups is 2. The summed E-state index contributed by atoms with van der Waals surface area (Å²) in [6, 6.07) is 16.0. The standard InChI is InChI=1S/C21H20N2O5/c1-27-19-9-14(10-22)7-8-18(19)28-13-20(24)23-11-16(17(12-23)21(25)26)15-5-3-2-4-6-15/h2-9,16-17H,11-13H2,1H3,(H,25,26). The number of hydrogen-bond acceptors (Lipinski definition) is 5. The van der Waals surface area contributed by atoms with E-state index in [9.17, 15) is 14.7 Å². The van der Waals surface area contributed by atoms with E-state index in [4.69, 9.17) is 14.7 Å². The fourth-order valence-corrected chi connectivity index (χ4v) is 3.38. The van der Waals surface area contributed by atoms with Crippen molar-refractivity contribution in [1.82, 2.24) is 4.90 Å². The van der Waals surface area contributed by atoms with Crippen LogP contribution >= 0.6 is 0 Å². The number of benzene rings is 2. The van der Waals surface area contributed by atoms with E-state index in [2.05, 4.69) is 0 Å². The number of likely N-dealkylation sites (tertiary alicyclic amines) is 1. The van der Waals surface area contributed by atoms with Crippen LogP contribution in [-0.4, -0.2) is 48.7 Å². The van der Waals surface area contributed by atoms with Crippen molar-refractivity contribution < 1.29 is 24.2 Å². The van der Waals surface area contributed by atoms with Crippen LogP contribution in [0.1, 0.15) is 17.0 Å². The Kier molecular flexibility index (Phi) is 5.80. The zero-order valence-electron chi connectivity index (χ0n) is 15.4. The predicted octanol–water partition coefficient (Wildman–Crippen LogP) is 2.27. The van der Waals surface area contributed by atoms with Crippen molar-refractivity contribution in [3.8, 4) is 17.6 Å². The molecular weight excluding hydrogens is 360 g/mol. The van der Waals surface area contributed by atoms with E-state index in [1.165, 1.54) is 18.1 Å². The maximum Gasteiger partial charge on any atom is 0.308 e. The highest BCUT2D eigenvalue weighted by molar-refractivity contribution is 5.81. The van der Waals surface area contributed by atoms with E-state index in [1.54, 1.807) is 12.1 Å². The number of ether oxygens (including phenoxy) is 2. The van der Waals surface area contributed by atoms with Crippen LogP contribution in [-0.2, 0) is 9.59 Å². The molecule has 7 nitrogen and oxygen atoms in total. The van der Waals surface area contributed by atoms with Gasteiger partial charge in [-0.25, -0.2) is 0 Å². The monoisotopic (exact) mass is 380 g/mol. The summed E-state index contributed by atoms with van der Waals surface area (Å²) >= 11 is 0. The van der Waals surface area contributed by atoms with Crippen molar-refractivity contribution in [3.63, 3.8) is 0 Å². The van der Waals surface area contributed by atoms with Crippen LogP contribution in [0, 0.1) is 17.2 Å². The van der Waals surface area contributed by atoms with Gasteiger partial charge in [0.15, 0.2) is 18.1 Å². The summed E-state index contributed by atoms with van der Waals surface area (Å²) in [6.07, 6.45) is 0. The number of hydrogen-bond donors (Lipinski definition) is 1. The lowest BCUT2D eigenvalue weighted by Crippen LogP contribution is -2.33. The van der Waals surface area contributed by atoms with Gasteiger partial charge in [0, 0.05) is 25.1 Å². The Morgan fingerprint density at radius 1 is 1.18 bits per heavy atom. The minimum atomic E-state index is -0.918. The van der Waals surface area contributed by atoms with Gasteiger partial charge in [0.25, 0.3) is 5.91 Å². The lowest BCUT2D eigenvalue weighted by Gasteiger charge is -2.17. The number of nitrogens with zero attached hydrogens (tertiary/aromatic N) is 2. The normalized spacial score (nSPS) is 18.4. The third kappa shape index (κ3) is 4.07. The smallest absolute Gasteiger partial charge is 0.308 e. The Morgan fingerprint density at radius 2 is 1.93 bits per heavy atom. The highest BCUT2D eigenvalue weighted by atomic mass is 16.5. The van der Waals surface area contributed by atoms with Crippen LogP contribution in [0.5, 0.6) is 11.5 Å². The maximum absolute atomic E-state index is 12.6. The SMILES string of the molecule is COc1cc(C#N)ccc1OCC(=O)N1CC(C(=O)O)C(c2ccccc2)C1. The zero-order valence-corrected chi connectivity index (χ0v) is 15.4. The van der Waals surface area contributed by atoms with E-state index < -0.39 is 11.9 Å². The molecule has 1 heterocycles. The highest BCUT2D eigenvalue weighted by Crippen LogP contribution is 2.33. The van der Waals surface area contributed by atoms with E-state index in [0.29, 0.717) is 23.6 Å². The lowest BCUT2D eigenvalue weighted by atomic mass is 9.89. The van der Waals surface area contributed by atoms with Gasteiger partial charge in [-0.05, 0) is 17.7 Å². The Bertz CT molecular complexity index is 907. The first-order valence-electron chi connectivity index (χ1n) is 8.80. The van der Waals surface area contributed by atoms with Gasteiger partial charge < -0.3 is 19.5 Å². The number of methoxy groups -OCH3 is 1. The third-order valence-corrected chi connectivity index (χ3v) is 4.86. The molecule has 28 heavy (non-hydrogen) atoms. The van der Waals surface area contributed by atoms with Crippen molar-refractivity contribution in [2.45, 2.75) is 5.92 Å². The molecule has 7 heteroatoms. The lowest BCUT2D eigenvalue weighted by molar-refractivity contribution is -0.142. The van der Waals surface area contributed by atoms with Gasteiger partial charge in [-0.3, -0.25) is 9.59 Å². The van der Waals surface area contributed by atoms with E-state index >= 15 is 0 Å². The summed E-state index contributed by atoms with van der Waals surface area (Å²) in [5, 5.41) is 18.5. The van der Waals surface area contributed by atoms with Crippen molar-refractivity contribution in [2.24, 2.45) is 5.92 Å². The van der Waals surface area contributed by atoms with Crippen molar-refractivity contribution >= 4 is 11.9 Å². The van der Waals surface area contributed by atoms with Crippen molar-refractivity contribution in [2.75, 3.05) is 26.8 Å². The largest absolute Gasteiger partial charge is 0.493 e. The first kappa shape index (κ1) is 19.2. The molecule has 1 aliphatic heterocycles. The predicted molar refractivity (Wildman–Crippen MR) is 100 cm³/mol. The number of carbonyl (C=O) groups excluding carboxylic acids is 1. The summed E-state index contributed by atoms with van der Waals surface area (Å²) in [7, 11) is 1.45. The highest BCUT2D eigenvalue weighted by Gasteiger charge is 2.40. The average Bonchev–Trinajstić information content (AvgIpc) is 3.18. The van der Waals surface area contributed by atoms with Crippen molar-refractivity contribution in [3.05, 3.63) is 59.7 Å². The second-order valence-electron chi connectivity index (χ2n) is 6.53. The topological polar surface area (TPSA) is 99.9 Å². The molecule has 2 aromatic carbocycles. The molecule has 1 N–H and O–H groups in total. The molecule has 0 saturated carbocycles. The molecule has 1 saturated heterocycles. The molecule has 1 fully saturated rings. The molecule has 2 aromatic rings. The van der Waals surface area contributed by atoms with Crippen LogP contribution in [0.15, 0.2) is 48.5 Å². The second-order valence-corrected chi connectivity index (χ2v) is 6.53. The summed E-state index contributed by atoms with van der Waals surface area (Å²) in [5.41, 5.74) is 1.32. The Hall–Kier alpha value is -3.53. The molecule has 1 amide bonds. The van der Waals surface area contributed by atoms with E-state index in [-0.39, 0.29) is 25.0 Å². The Balaban J connectivity index is 1.68. The molecule has 0 bridgehead atoms. The molecule has 1 aliphatic rings. The number of carboxylic acids is 1. The molecule has 3 rings (SSSR count). The molecule has 2 atom stereocenters. The summed E-state index contributed by atoms with van der Waals surface area (Å²) in [4.78, 5) is 25.8. The second kappa shape index (κ2) is 8.44. The van der Waals surface area contributed by atoms with E-state index in [0.717, 1.165) is 5.56 Å². The van der Waals surface area contributed by atoms with E-state index in [1.807, 2.05) is 36.4 Å². The molecule has 0 radical (unpaired) electrons.